The van der Waals surface area contributed by atoms with Crippen molar-refractivity contribution in [2.75, 3.05) is 6.54 Å². The Bertz CT molecular complexity index is 447. The van der Waals surface area contributed by atoms with Crippen LogP contribution in [-0.2, 0) is 14.4 Å². The minimum absolute atomic E-state index is 0.0146. The van der Waals surface area contributed by atoms with Gasteiger partial charge in [-0.15, -0.1) is 0 Å². The maximum atomic E-state index is 12.2. The summed E-state index contributed by atoms with van der Waals surface area (Å²) in [6.45, 7) is 0.138. The molecule has 3 fully saturated rings. The fourth-order valence-electron chi connectivity index (χ4n) is 3.04. The van der Waals surface area contributed by atoms with Crippen LogP contribution >= 0.6 is 0 Å². The number of hydrogen-bond acceptors (Lipinski definition) is 5. The van der Waals surface area contributed by atoms with Gasteiger partial charge in [0.1, 0.15) is 6.04 Å². The number of carbonyl (C=O) groups excluding carboxylic acids is 2. The van der Waals surface area contributed by atoms with Crippen LogP contribution in [0.2, 0.25) is 0 Å². The molecule has 3 unspecified atom stereocenters. The maximum absolute atomic E-state index is 12.2. The topological polar surface area (TPSA) is 98.2 Å². The molecule has 3 rings (SSSR count). The van der Waals surface area contributed by atoms with E-state index in [1.54, 1.807) is 0 Å². The lowest BCUT2D eigenvalue weighted by Crippen LogP contribution is -2.47. The predicted molar refractivity (Wildman–Crippen MR) is 62.0 cm³/mol. The first kappa shape index (κ1) is 12.6. The van der Waals surface area contributed by atoms with Crippen molar-refractivity contribution in [1.29, 1.82) is 0 Å². The number of aliphatic carboxylic acids is 1. The lowest BCUT2D eigenvalue weighted by Gasteiger charge is -2.26. The fraction of sp³-hybridized carbons (Fsp3) is 0.750. The Hall–Kier alpha value is -1.47. The summed E-state index contributed by atoms with van der Waals surface area (Å²) in [5, 5.41) is 18.7. The molecule has 0 bridgehead atoms. The van der Waals surface area contributed by atoms with E-state index >= 15 is 0 Å². The van der Waals surface area contributed by atoms with E-state index in [0.29, 0.717) is 0 Å². The molecular weight excluding hydrogens is 252 g/mol. The standard InChI is InChI=1S/C12H16N2O5/c15-7-3-9(12(18)19)13(5-7)8-4-10(16)14(11(8)17)6-1-2-6/h6-9,15H,1-5H2,(H,18,19). The molecule has 0 aromatic carbocycles. The van der Waals surface area contributed by atoms with Crippen molar-refractivity contribution in [1.82, 2.24) is 9.80 Å². The van der Waals surface area contributed by atoms with E-state index in [4.69, 9.17) is 5.11 Å². The summed E-state index contributed by atoms with van der Waals surface area (Å²) in [7, 11) is 0. The first-order valence-corrected chi connectivity index (χ1v) is 6.51. The van der Waals surface area contributed by atoms with Gasteiger partial charge in [0, 0.05) is 19.0 Å². The van der Waals surface area contributed by atoms with Crippen LogP contribution in [0.15, 0.2) is 0 Å². The van der Waals surface area contributed by atoms with Gasteiger partial charge in [0.05, 0.1) is 18.6 Å². The molecule has 3 aliphatic rings. The molecule has 1 aliphatic carbocycles. The van der Waals surface area contributed by atoms with Crippen LogP contribution in [-0.4, -0.2) is 68.6 Å². The maximum Gasteiger partial charge on any atom is 0.321 e. The number of imide groups is 1. The monoisotopic (exact) mass is 268 g/mol. The Kier molecular flexibility index (Phi) is 2.83. The Balaban J connectivity index is 1.80. The molecule has 3 atom stereocenters. The summed E-state index contributed by atoms with van der Waals surface area (Å²) < 4.78 is 0. The third-order valence-corrected chi connectivity index (χ3v) is 4.07. The second-order valence-corrected chi connectivity index (χ2v) is 5.49. The normalized spacial score (nSPS) is 36.3. The number of β-amino-alcohol motifs (C(OH)–C–C–N with tert-alkyl or cyclic N) is 1. The van der Waals surface area contributed by atoms with Crippen LogP contribution in [0.1, 0.15) is 25.7 Å². The summed E-state index contributed by atoms with van der Waals surface area (Å²) >= 11 is 0. The first-order chi connectivity index (χ1) is 8.99. The van der Waals surface area contributed by atoms with Crippen molar-refractivity contribution in [3.63, 3.8) is 0 Å². The van der Waals surface area contributed by atoms with Crippen LogP contribution in [0.3, 0.4) is 0 Å². The van der Waals surface area contributed by atoms with Crippen molar-refractivity contribution in [2.24, 2.45) is 0 Å². The number of likely N-dealkylation sites (tertiary alicyclic amines) is 2. The number of hydrogen-bond donors (Lipinski definition) is 2. The van der Waals surface area contributed by atoms with Crippen molar-refractivity contribution in [2.45, 2.75) is 49.9 Å². The number of carbonyl (C=O) groups is 3. The number of aliphatic hydroxyl groups excluding tert-OH is 1. The van der Waals surface area contributed by atoms with Crippen LogP contribution in [0.25, 0.3) is 0 Å². The molecule has 19 heavy (non-hydrogen) atoms. The predicted octanol–water partition coefficient (Wildman–Crippen LogP) is -1.20. The number of carboxylic acids is 1. The summed E-state index contributed by atoms with van der Waals surface area (Å²) in [5.74, 6) is -1.57. The van der Waals surface area contributed by atoms with Gasteiger partial charge in [-0.2, -0.15) is 0 Å². The van der Waals surface area contributed by atoms with E-state index in [2.05, 4.69) is 0 Å². The molecule has 0 aromatic heterocycles. The van der Waals surface area contributed by atoms with E-state index in [0.717, 1.165) is 12.8 Å². The number of amides is 2. The highest BCUT2D eigenvalue weighted by molar-refractivity contribution is 6.06. The van der Waals surface area contributed by atoms with Crippen LogP contribution < -0.4 is 0 Å². The van der Waals surface area contributed by atoms with E-state index in [-0.39, 0.29) is 37.2 Å². The minimum Gasteiger partial charge on any atom is -0.480 e. The largest absolute Gasteiger partial charge is 0.480 e. The molecule has 2 N–H and O–H groups in total. The molecule has 2 saturated heterocycles. The molecule has 0 radical (unpaired) electrons. The third-order valence-electron chi connectivity index (χ3n) is 4.07. The summed E-state index contributed by atoms with van der Waals surface area (Å²) in [6.07, 6.45) is 1.08. The van der Waals surface area contributed by atoms with Crippen molar-refractivity contribution in [3.8, 4) is 0 Å². The molecule has 1 saturated carbocycles. The Morgan fingerprint density at radius 2 is 1.95 bits per heavy atom. The quantitative estimate of drug-likeness (QED) is 0.624. The zero-order chi connectivity index (χ0) is 13.7. The zero-order valence-corrected chi connectivity index (χ0v) is 10.4. The highest BCUT2D eigenvalue weighted by atomic mass is 16.4. The van der Waals surface area contributed by atoms with Gasteiger partial charge >= 0.3 is 5.97 Å². The average molecular weight is 268 g/mol. The van der Waals surface area contributed by atoms with Gasteiger partial charge in [0.15, 0.2) is 0 Å². The molecule has 0 spiro atoms. The van der Waals surface area contributed by atoms with E-state index < -0.39 is 24.2 Å². The smallest absolute Gasteiger partial charge is 0.321 e. The molecule has 2 heterocycles. The van der Waals surface area contributed by atoms with Gasteiger partial charge in [0.2, 0.25) is 11.8 Å². The number of aliphatic hydroxyl groups is 1. The molecule has 2 aliphatic heterocycles. The van der Waals surface area contributed by atoms with E-state index in [1.165, 1.54) is 9.80 Å². The number of rotatable bonds is 3. The first-order valence-electron chi connectivity index (χ1n) is 6.51. The van der Waals surface area contributed by atoms with Gasteiger partial charge in [0.25, 0.3) is 0 Å². The van der Waals surface area contributed by atoms with Gasteiger partial charge in [-0.3, -0.25) is 24.2 Å². The second kappa shape index (κ2) is 4.28. The molecule has 104 valence electrons. The number of nitrogens with zero attached hydrogens (tertiary/aromatic N) is 2. The fourth-order valence-corrected chi connectivity index (χ4v) is 3.04. The second-order valence-electron chi connectivity index (χ2n) is 5.49. The Labute approximate surface area is 109 Å². The van der Waals surface area contributed by atoms with Gasteiger partial charge in [-0.1, -0.05) is 0 Å². The van der Waals surface area contributed by atoms with Crippen LogP contribution in [0.5, 0.6) is 0 Å². The zero-order valence-electron chi connectivity index (χ0n) is 10.4. The van der Waals surface area contributed by atoms with Crippen LogP contribution in [0, 0.1) is 0 Å². The number of carboxylic acid groups (broad SMARTS) is 1. The van der Waals surface area contributed by atoms with E-state index in [9.17, 15) is 19.5 Å². The highest BCUT2D eigenvalue weighted by Gasteiger charge is 2.52. The lowest BCUT2D eigenvalue weighted by molar-refractivity contribution is -0.144. The molecular formula is C12H16N2O5. The van der Waals surface area contributed by atoms with Crippen molar-refractivity contribution < 1.29 is 24.6 Å². The third kappa shape index (κ3) is 2.02. The van der Waals surface area contributed by atoms with Crippen LogP contribution in [0.4, 0.5) is 0 Å². The summed E-state index contributed by atoms with van der Waals surface area (Å²) in [5.41, 5.74) is 0. The molecule has 7 heteroatoms. The average Bonchev–Trinajstić information content (AvgIpc) is 3.01. The van der Waals surface area contributed by atoms with Crippen molar-refractivity contribution >= 4 is 17.8 Å². The van der Waals surface area contributed by atoms with Crippen molar-refractivity contribution in [3.05, 3.63) is 0 Å². The minimum atomic E-state index is -1.05. The Morgan fingerprint density at radius 1 is 1.26 bits per heavy atom. The van der Waals surface area contributed by atoms with Gasteiger partial charge in [-0.05, 0) is 12.8 Å². The Morgan fingerprint density at radius 3 is 2.53 bits per heavy atom. The van der Waals surface area contributed by atoms with E-state index in [1.807, 2.05) is 0 Å². The van der Waals surface area contributed by atoms with Gasteiger partial charge in [-0.25, -0.2) is 0 Å². The summed E-state index contributed by atoms with van der Waals surface area (Å²) in [4.78, 5) is 38.0. The summed E-state index contributed by atoms with van der Waals surface area (Å²) in [6, 6.07) is -1.58. The molecule has 0 aromatic rings. The highest BCUT2D eigenvalue weighted by Crippen LogP contribution is 2.34. The molecule has 7 nitrogen and oxygen atoms in total. The van der Waals surface area contributed by atoms with Gasteiger partial charge < -0.3 is 10.2 Å². The lowest BCUT2D eigenvalue weighted by atomic mass is 10.1. The SMILES string of the molecule is O=C(O)C1CC(O)CN1C1CC(=O)N(C2CC2)C1=O. The molecule has 2 amide bonds.